The zero-order valence-electron chi connectivity index (χ0n) is 18.9. The molecule has 0 aromatic heterocycles. The first-order chi connectivity index (χ1) is 14.7. The van der Waals surface area contributed by atoms with Crippen LogP contribution in [0.25, 0.3) is 0 Å². The van der Waals surface area contributed by atoms with Crippen LogP contribution in [0.5, 0.6) is 0 Å². The van der Waals surface area contributed by atoms with Gasteiger partial charge in [0.2, 0.25) is 6.29 Å². The summed E-state index contributed by atoms with van der Waals surface area (Å²) in [5.74, 6) is 0.0539. The maximum absolute atomic E-state index is 12.1. The summed E-state index contributed by atoms with van der Waals surface area (Å²) in [6, 6.07) is 0. The number of rotatable bonds is 4. The van der Waals surface area contributed by atoms with Gasteiger partial charge in [-0.05, 0) is 43.6 Å². The fourth-order valence-electron chi connectivity index (χ4n) is 7.46. The van der Waals surface area contributed by atoms with E-state index in [4.69, 9.17) is 23.7 Å². The minimum absolute atomic E-state index is 0.0244. The molecular formula is C24H34O7. The van der Waals surface area contributed by atoms with E-state index in [1.165, 1.54) is 13.8 Å². The Kier molecular flexibility index (Phi) is 4.94. The third-order valence-electron chi connectivity index (χ3n) is 9.18. The maximum Gasteiger partial charge on any atom is 0.302 e. The monoisotopic (exact) mass is 434 g/mol. The van der Waals surface area contributed by atoms with Crippen molar-refractivity contribution in [2.75, 3.05) is 13.2 Å². The number of fused-ring (bicyclic) bond motifs is 3. The predicted molar refractivity (Wildman–Crippen MR) is 110 cm³/mol. The topological polar surface area (TPSA) is 83.6 Å². The normalized spacial score (nSPS) is 49.8. The molecule has 5 rings (SSSR count). The quantitative estimate of drug-likeness (QED) is 0.496. The number of epoxide rings is 1. The summed E-state index contributed by atoms with van der Waals surface area (Å²) in [7, 11) is 0. The summed E-state index contributed by atoms with van der Waals surface area (Å²) in [5, 5.41) is 0. The van der Waals surface area contributed by atoms with Gasteiger partial charge in [0, 0.05) is 25.2 Å². The SMILES string of the molecule is CC(=O)OC[C@@]12[C@H](OC(C)=O)C[C@H](C)[C@@](C)(C3C[C@@H]4C=CO[C@@H]4O3)[C@@H]1CCC[C@@]21CO1. The molecule has 0 bridgehead atoms. The minimum atomic E-state index is -0.568. The zero-order chi connectivity index (χ0) is 22.0. The molecule has 1 spiro atoms. The van der Waals surface area contributed by atoms with Crippen molar-refractivity contribution in [3.63, 3.8) is 0 Å². The molecule has 1 unspecified atom stereocenters. The number of carbonyl (C=O) groups excluding carboxylic acids is 2. The first-order valence-corrected chi connectivity index (χ1v) is 11.6. The second-order valence-corrected chi connectivity index (χ2v) is 10.5. The summed E-state index contributed by atoms with van der Waals surface area (Å²) in [5.41, 5.74) is -1.16. The van der Waals surface area contributed by atoms with Crippen LogP contribution >= 0.6 is 0 Å². The highest BCUT2D eigenvalue weighted by molar-refractivity contribution is 5.67. The Bertz CT molecular complexity index is 789. The lowest BCUT2D eigenvalue weighted by molar-refractivity contribution is -0.253. The van der Waals surface area contributed by atoms with Crippen molar-refractivity contribution < 1.29 is 33.3 Å². The largest absolute Gasteiger partial charge is 0.472 e. The molecule has 2 aliphatic carbocycles. The van der Waals surface area contributed by atoms with Gasteiger partial charge in [0.15, 0.2) is 0 Å². The fraction of sp³-hybridized carbons (Fsp3) is 0.833. The molecule has 31 heavy (non-hydrogen) atoms. The van der Waals surface area contributed by atoms with Crippen LogP contribution in [0.15, 0.2) is 12.3 Å². The summed E-state index contributed by atoms with van der Waals surface area (Å²) in [6.45, 7) is 8.30. The Morgan fingerprint density at radius 3 is 2.61 bits per heavy atom. The fourth-order valence-corrected chi connectivity index (χ4v) is 7.46. The van der Waals surface area contributed by atoms with Gasteiger partial charge in [0.25, 0.3) is 0 Å². The molecule has 0 N–H and O–H groups in total. The molecule has 9 atom stereocenters. The van der Waals surface area contributed by atoms with E-state index in [9.17, 15) is 9.59 Å². The summed E-state index contributed by atoms with van der Waals surface area (Å²) < 4.78 is 30.0. The molecule has 5 aliphatic rings. The average Bonchev–Trinajstić information content (AvgIpc) is 3.15. The van der Waals surface area contributed by atoms with Gasteiger partial charge in [0.1, 0.15) is 18.3 Å². The molecule has 0 radical (unpaired) electrons. The van der Waals surface area contributed by atoms with Crippen molar-refractivity contribution in [3.05, 3.63) is 12.3 Å². The smallest absolute Gasteiger partial charge is 0.302 e. The van der Waals surface area contributed by atoms with Crippen molar-refractivity contribution in [1.29, 1.82) is 0 Å². The van der Waals surface area contributed by atoms with Crippen molar-refractivity contribution >= 4 is 11.9 Å². The van der Waals surface area contributed by atoms with E-state index in [0.29, 0.717) is 13.0 Å². The number of ether oxygens (including phenoxy) is 5. The maximum atomic E-state index is 12.1. The highest BCUT2D eigenvalue weighted by Crippen LogP contribution is 2.70. The van der Waals surface area contributed by atoms with Crippen molar-refractivity contribution in [2.24, 2.45) is 28.6 Å². The number of esters is 2. The van der Waals surface area contributed by atoms with Crippen molar-refractivity contribution in [2.45, 2.75) is 83.9 Å². The van der Waals surface area contributed by atoms with Gasteiger partial charge in [-0.15, -0.1) is 0 Å². The van der Waals surface area contributed by atoms with E-state index >= 15 is 0 Å². The van der Waals surface area contributed by atoms with Gasteiger partial charge >= 0.3 is 11.9 Å². The molecule has 4 fully saturated rings. The Morgan fingerprint density at radius 2 is 1.97 bits per heavy atom. The zero-order valence-corrected chi connectivity index (χ0v) is 18.9. The molecular weight excluding hydrogens is 400 g/mol. The molecule has 7 heteroatoms. The van der Waals surface area contributed by atoms with Crippen LogP contribution in [0.2, 0.25) is 0 Å². The predicted octanol–water partition coefficient (Wildman–Crippen LogP) is 3.36. The molecule has 2 saturated heterocycles. The molecule has 0 aromatic carbocycles. The van der Waals surface area contributed by atoms with Crippen LogP contribution < -0.4 is 0 Å². The Labute approximate surface area is 183 Å². The number of carbonyl (C=O) groups is 2. The summed E-state index contributed by atoms with van der Waals surface area (Å²) >= 11 is 0. The van der Waals surface area contributed by atoms with Crippen LogP contribution in [0.3, 0.4) is 0 Å². The molecule has 2 saturated carbocycles. The van der Waals surface area contributed by atoms with Crippen LogP contribution in [-0.4, -0.2) is 49.3 Å². The minimum Gasteiger partial charge on any atom is -0.472 e. The Hall–Kier alpha value is -1.60. The molecule has 172 valence electrons. The van der Waals surface area contributed by atoms with Gasteiger partial charge in [-0.2, -0.15) is 0 Å². The molecule has 3 aliphatic heterocycles. The standard InChI is InChI=1S/C24H34O7/c1-14-10-20(30-16(3)26)24(13-28-15(2)25)18(6-5-8-23(24)12-29-23)22(14,4)19-11-17-7-9-27-21(17)31-19/h7,9,14,17-21H,5-6,8,10-13H2,1-4H3/t14-,17-,18-,19?,20+,21+,22+,23+,24-/m0/s1. The van der Waals surface area contributed by atoms with Crippen molar-refractivity contribution in [3.8, 4) is 0 Å². The second kappa shape index (κ2) is 7.20. The van der Waals surface area contributed by atoms with Gasteiger partial charge < -0.3 is 23.7 Å². The lowest BCUT2D eigenvalue weighted by Gasteiger charge is -2.64. The summed E-state index contributed by atoms with van der Waals surface area (Å²) in [6.07, 6.45) is 7.82. The van der Waals surface area contributed by atoms with Crippen LogP contribution in [0.1, 0.15) is 59.8 Å². The number of hydrogen-bond donors (Lipinski definition) is 0. The van der Waals surface area contributed by atoms with E-state index < -0.39 is 11.0 Å². The third kappa shape index (κ3) is 2.99. The Morgan fingerprint density at radius 1 is 1.19 bits per heavy atom. The second-order valence-electron chi connectivity index (χ2n) is 10.5. The Balaban J connectivity index is 1.58. The highest BCUT2D eigenvalue weighted by Gasteiger charge is 2.76. The van der Waals surface area contributed by atoms with E-state index in [1.807, 2.05) is 0 Å². The van der Waals surface area contributed by atoms with Gasteiger partial charge in [-0.1, -0.05) is 20.3 Å². The van der Waals surface area contributed by atoms with E-state index in [1.54, 1.807) is 6.26 Å². The lowest BCUT2D eigenvalue weighted by Crippen LogP contribution is -2.69. The summed E-state index contributed by atoms with van der Waals surface area (Å²) in [4.78, 5) is 24.0. The van der Waals surface area contributed by atoms with Gasteiger partial charge in [-0.3, -0.25) is 9.59 Å². The molecule has 3 heterocycles. The van der Waals surface area contributed by atoms with Crippen LogP contribution in [0.4, 0.5) is 0 Å². The van der Waals surface area contributed by atoms with E-state index in [2.05, 4.69) is 19.9 Å². The average molecular weight is 435 g/mol. The highest BCUT2D eigenvalue weighted by atomic mass is 16.7. The van der Waals surface area contributed by atoms with Gasteiger partial charge in [-0.25, -0.2) is 0 Å². The van der Waals surface area contributed by atoms with E-state index in [-0.39, 0.29) is 60.2 Å². The van der Waals surface area contributed by atoms with Crippen molar-refractivity contribution in [1.82, 2.24) is 0 Å². The molecule has 7 nitrogen and oxygen atoms in total. The van der Waals surface area contributed by atoms with Gasteiger partial charge in [0.05, 0.1) is 24.4 Å². The van der Waals surface area contributed by atoms with E-state index in [0.717, 1.165) is 25.7 Å². The first-order valence-electron chi connectivity index (χ1n) is 11.6. The number of hydrogen-bond acceptors (Lipinski definition) is 7. The first kappa shape index (κ1) is 21.3. The lowest BCUT2D eigenvalue weighted by atomic mass is 9.42. The van der Waals surface area contributed by atoms with Crippen LogP contribution in [-0.2, 0) is 33.3 Å². The molecule has 0 aromatic rings. The molecule has 0 amide bonds. The third-order valence-corrected chi connectivity index (χ3v) is 9.18. The van der Waals surface area contributed by atoms with Crippen LogP contribution in [0, 0.1) is 28.6 Å².